The summed E-state index contributed by atoms with van der Waals surface area (Å²) in [4.78, 5) is 0. The number of benzene rings is 2. The Kier molecular flexibility index (Phi) is 6.14. The summed E-state index contributed by atoms with van der Waals surface area (Å²) in [5.74, 6) is 0.530. The number of para-hydroxylation sites is 1. The van der Waals surface area contributed by atoms with Crippen LogP contribution in [0, 0.1) is 0 Å². The highest BCUT2D eigenvalue weighted by Crippen LogP contribution is 2.42. The number of ether oxygens (including phenoxy) is 2. The molecule has 4 N–H and O–H groups in total. The van der Waals surface area contributed by atoms with Crippen LogP contribution in [0.5, 0.6) is 5.75 Å². The van der Waals surface area contributed by atoms with E-state index in [0.717, 1.165) is 16.7 Å². The molecule has 1 aliphatic heterocycles. The highest BCUT2D eigenvalue weighted by Gasteiger charge is 2.43. The van der Waals surface area contributed by atoms with Gasteiger partial charge in [0.15, 0.2) is 0 Å². The van der Waals surface area contributed by atoms with Crippen LogP contribution in [0.2, 0.25) is 0 Å². The smallest absolute Gasteiger partial charge is 0.132 e. The Bertz CT molecular complexity index is 777. The number of methoxy groups -OCH3 is 1. The van der Waals surface area contributed by atoms with Crippen molar-refractivity contribution in [3.05, 3.63) is 53.6 Å². The Labute approximate surface area is 158 Å². The second kappa shape index (κ2) is 8.37. The van der Waals surface area contributed by atoms with Crippen LogP contribution in [0.25, 0.3) is 11.1 Å². The number of hydrogen-bond donors (Lipinski definition) is 4. The Morgan fingerprint density at radius 1 is 0.926 bits per heavy atom. The van der Waals surface area contributed by atoms with Crippen LogP contribution < -0.4 is 4.74 Å². The van der Waals surface area contributed by atoms with Gasteiger partial charge in [-0.25, -0.2) is 0 Å². The van der Waals surface area contributed by atoms with Crippen LogP contribution in [0.3, 0.4) is 0 Å². The molecule has 0 aliphatic carbocycles. The Morgan fingerprint density at radius 2 is 1.63 bits per heavy atom. The topological polar surface area (TPSA) is 99.4 Å². The molecular formula is C21H26O6. The second-order valence-electron chi connectivity index (χ2n) is 6.79. The first-order valence-corrected chi connectivity index (χ1v) is 9.05. The van der Waals surface area contributed by atoms with Gasteiger partial charge in [0.2, 0.25) is 0 Å². The van der Waals surface area contributed by atoms with E-state index in [9.17, 15) is 20.4 Å². The van der Waals surface area contributed by atoms with Gasteiger partial charge >= 0.3 is 0 Å². The van der Waals surface area contributed by atoms with Crippen molar-refractivity contribution in [2.24, 2.45) is 0 Å². The molecular weight excluding hydrogens is 348 g/mol. The van der Waals surface area contributed by atoms with E-state index in [4.69, 9.17) is 9.47 Å². The van der Waals surface area contributed by atoms with Gasteiger partial charge in [-0.1, -0.05) is 42.5 Å². The van der Waals surface area contributed by atoms with Gasteiger partial charge in [0.1, 0.15) is 30.2 Å². The summed E-state index contributed by atoms with van der Waals surface area (Å²) in [5, 5.41) is 39.9. The summed E-state index contributed by atoms with van der Waals surface area (Å²) < 4.78 is 11.5. The number of aliphatic hydroxyl groups excluding tert-OH is 4. The first-order valence-electron chi connectivity index (χ1n) is 9.05. The molecule has 0 saturated carbocycles. The number of aliphatic hydroxyl groups is 4. The molecule has 6 nitrogen and oxygen atoms in total. The third-order valence-electron chi connectivity index (χ3n) is 5.10. The monoisotopic (exact) mass is 374 g/mol. The molecule has 0 bridgehead atoms. The van der Waals surface area contributed by atoms with Crippen LogP contribution in [0.4, 0.5) is 0 Å². The average Bonchev–Trinajstić information content (AvgIpc) is 2.69. The molecule has 1 fully saturated rings. The van der Waals surface area contributed by atoms with Crippen molar-refractivity contribution < 1.29 is 29.9 Å². The maximum absolute atomic E-state index is 10.5. The second-order valence-corrected chi connectivity index (χ2v) is 6.79. The van der Waals surface area contributed by atoms with Crippen molar-refractivity contribution >= 4 is 0 Å². The van der Waals surface area contributed by atoms with Crippen molar-refractivity contribution in [2.75, 3.05) is 13.7 Å². The fraction of sp³-hybridized carbons (Fsp3) is 0.429. The van der Waals surface area contributed by atoms with Crippen LogP contribution in [0.15, 0.2) is 42.5 Å². The van der Waals surface area contributed by atoms with Crippen molar-refractivity contribution in [2.45, 2.75) is 43.9 Å². The molecule has 3 rings (SSSR count). The van der Waals surface area contributed by atoms with Crippen LogP contribution in [0.1, 0.15) is 24.2 Å². The minimum absolute atomic E-state index is 0.0328. The SMILES string of the molecule is COc1c(-c2ccccc2CCO)cccc1[C@H]1O[C@@H](C)[C@@H](O)[C@@H](O)[C@@H]1O. The zero-order chi connectivity index (χ0) is 19.6. The molecule has 27 heavy (non-hydrogen) atoms. The molecule has 6 heteroatoms. The summed E-state index contributed by atoms with van der Waals surface area (Å²) >= 11 is 0. The van der Waals surface area contributed by atoms with Gasteiger partial charge in [-0.05, 0) is 24.5 Å². The standard InChI is InChI=1S/C21H26O6/c1-12-17(23)18(24)19(25)21(27-12)16-9-5-8-15(20(16)26-2)14-7-4-3-6-13(14)10-11-22/h3-9,12,17-19,21-25H,10-11H2,1-2H3/t12-,17+,18+,19-,21+/m0/s1. The lowest BCUT2D eigenvalue weighted by molar-refractivity contribution is -0.219. The van der Waals surface area contributed by atoms with Crippen LogP contribution in [-0.4, -0.2) is 58.6 Å². The van der Waals surface area contributed by atoms with Crippen molar-refractivity contribution in [3.8, 4) is 16.9 Å². The highest BCUT2D eigenvalue weighted by molar-refractivity contribution is 5.75. The van der Waals surface area contributed by atoms with Crippen molar-refractivity contribution in [1.29, 1.82) is 0 Å². The summed E-state index contributed by atoms with van der Waals surface area (Å²) in [6.45, 7) is 1.69. The highest BCUT2D eigenvalue weighted by atomic mass is 16.5. The van der Waals surface area contributed by atoms with Gasteiger partial charge in [0, 0.05) is 17.7 Å². The fourth-order valence-corrected chi connectivity index (χ4v) is 3.65. The molecule has 1 saturated heterocycles. The number of hydrogen-bond acceptors (Lipinski definition) is 6. The lowest BCUT2D eigenvalue weighted by Crippen LogP contribution is -2.53. The Balaban J connectivity index is 2.08. The summed E-state index contributed by atoms with van der Waals surface area (Å²) in [6, 6.07) is 13.2. The van der Waals surface area contributed by atoms with E-state index in [1.165, 1.54) is 0 Å². The normalized spacial score (nSPS) is 28.1. The molecule has 0 aromatic heterocycles. The minimum atomic E-state index is -1.31. The Morgan fingerprint density at radius 3 is 2.33 bits per heavy atom. The Hall–Kier alpha value is -1.96. The molecule has 0 spiro atoms. The minimum Gasteiger partial charge on any atom is -0.496 e. The molecule has 5 atom stereocenters. The van der Waals surface area contributed by atoms with E-state index in [1.54, 1.807) is 20.1 Å². The molecule has 0 amide bonds. The van der Waals surface area contributed by atoms with E-state index in [0.29, 0.717) is 17.7 Å². The van der Waals surface area contributed by atoms with Gasteiger partial charge in [-0.3, -0.25) is 0 Å². The maximum Gasteiger partial charge on any atom is 0.132 e. The van der Waals surface area contributed by atoms with Crippen LogP contribution in [-0.2, 0) is 11.2 Å². The molecule has 2 aromatic carbocycles. The van der Waals surface area contributed by atoms with Gasteiger partial charge < -0.3 is 29.9 Å². The van der Waals surface area contributed by atoms with E-state index < -0.39 is 30.5 Å². The molecule has 2 aromatic rings. The van der Waals surface area contributed by atoms with E-state index >= 15 is 0 Å². The van der Waals surface area contributed by atoms with Crippen molar-refractivity contribution in [3.63, 3.8) is 0 Å². The largest absolute Gasteiger partial charge is 0.496 e. The summed E-state index contributed by atoms with van der Waals surface area (Å²) in [6.07, 6.45) is -4.71. The summed E-state index contributed by atoms with van der Waals surface area (Å²) in [7, 11) is 1.54. The molecule has 0 unspecified atom stereocenters. The van der Waals surface area contributed by atoms with E-state index in [1.807, 2.05) is 36.4 Å². The molecule has 1 aliphatic rings. The average molecular weight is 374 g/mol. The molecule has 0 radical (unpaired) electrons. The molecule has 146 valence electrons. The van der Waals surface area contributed by atoms with Gasteiger partial charge in [-0.2, -0.15) is 0 Å². The quantitative estimate of drug-likeness (QED) is 0.632. The summed E-state index contributed by atoms with van der Waals surface area (Å²) in [5.41, 5.74) is 3.30. The first-order chi connectivity index (χ1) is 13.0. The third-order valence-corrected chi connectivity index (χ3v) is 5.10. The predicted molar refractivity (Wildman–Crippen MR) is 101 cm³/mol. The van der Waals surface area contributed by atoms with E-state index in [-0.39, 0.29) is 6.61 Å². The molecule has 1 heterocycles. The zero-order valence-electron chi connectivity index (χ0n) is 15.4. The lowest BCUT2D eigenvalue weighted by Gasteiger charge is -2.40. The van der Waals surface area contributed by atoms with Gasteiger partial charge in [0.25, 0.3) is 0 Å². The maximum atomic E-state index is 10.5. The van der Waals surface area contributed by atoms with Crippen molar-refractivity contribution in [1.82, 2.24) is 0 Å². The third kappa shape index (κ3) is 3.72. The van der Waals surface area contributed by atoms with Crippen LogP contribution >= 0.6 is 0 Å². The zero-order valence-corrected chi connectivity index (χ0v) is 15.4. The number of rotatable bonds is 5. The first kappa shape index (κ1) is 19.8. The van der Waals surface area contributed by atoms with E-state index in [2.05, 4.69) is 0 Å². The van der Waals surface area contributed by atoms with Gasteiger partial charge in [-0.15, -0.1) is 0 Å². The fourth-order valence-electron chi connectivity index (χ4n) is 3.65. The van der Waals surface area contributed by atoms with Gasteiger partial charge in [0.05, 0.1) is 13.2 Å². The lowest BCUT2D eigenvalue weighted by atomic mass is 9.88. The predicted octanol–water partition coefficient (Wildman–Crippen LogP) is 1.44.